The van der Waals surface area contributed by atoms with Gasteiger partial charge in [0.2, 0.25) is 0 Å². The summed E-state index contributed by atoms with van der Waals surface area (Å²) in [6.07, 6.45) is 1.77. The van der Waals surface area contributed by atoms with Crippen molar-refractivity contribution in [3.63, 3.8) is 0 Å². The minimum atomic E-state index is -0.868. The number of nitrogens with zero attached hydrogens (tertiary/aromatic N) is 1. The highest BCUT2D eigenvalue weighted by Crippen LogP contribution is 2.35. The van der Waals surface area contributed by atoms with Gasteiger partial charge >= 0.3 is 5.97 Å². The topological polar surface area (TPSA) is 59.4 Å². The van der Waals surface area contributed by atoms with Crippen molar-refractivity contribution in [2.75, 3.05) is 0 Å². The Morgan fingerprint density at radius 2 is 1.85 bits per heavy atom. The van der Waals surface area contributed by atoms with E-state index in [1.165, 1.54) is 0 Å². The number of rotatable bonds is 5. The van der Waals surface area contributed by atoms with Gasteiger partial charge in [0.25, 0.3) is 0 Å². The van der Waals surface area contributed by atoms with Crippen LogP contribution in [0.2, 0.25) is 0 Å². The van der Waals surface area contributed by atoms with E-state index >= 15 is 0 Å². The largest absolute Gasteiger partial charge is 0.489 e. The number of carboxylic acid groups (broad SMARTS) is 1. The molecule has 1 N–H and O–H groups in total. The number of pyridine rings is 1. The van der Waals surface area contributed by atoms with E-state index in [0.29, 0.717) is 17.9 Å². The molecular formula is C23H19NO3. The molecule has 0 amide bonds. The Labute approximate surface area is 157 Å². The zero-order valence-electron chi connectivity index (χ0n) is 14.9. The van der Waals surface area contributed by atoms with Crippen LogP contribution in [0.4, 0.5) is 0 Å². The van der Waals surface area contributed by atoms with Crippen LogP contribution >= 0.6 is 0 Å². The van der Waals surface area contributed by atoms with Gasteiger partial charge in [0, 0.05) is 17.1 Å². The van der Waals surface area contributed by atoms with Crippen molar-refractivity contribution in [2.45, 2.75) is 19.4 Å². The molecule has 1 heterocycles. The first-order chi connectivity index (χ1) is 13.1. The standard InChI is InChI=1S/C23H19NO3/c1-15(23(25)26)22-19-7-3-2-5-17(19)9-11-21(22)27-14-16-8-10-20-18(13-16)6-4-12-24-20/h2-13,15H,14H2,1H3,(H,25,26). The Morgan fingerprint density at radius 1 is 1.04 bits per heavy atom. The second-order valence-electron chi connectivity index (χ2n) is 6.58. The van der Waals surface area contributed by atoms with Crippen molar-refractivity contribution >= 4 is 27.6 Å². The van der Waals surface area contributed by atoms with Crippen LogP contribution in [0.1, 0.15) is 24.0 Å². The molecule has 0 bridgehead atoms. The Hall–Kier alpha value is -3.40. The third kappa shape index (κ3) is 3.34. The fraction of sp³-hybridized carbons (Fsp3) is 0.130. The highest BCUT2D eigenvalue weighted by molar-refractivity contribution is 5.92. The van der Waals surface area contributed by atoms with Gasteiger partial charge in [-0.1, -0.05) is 42.5 Å². The molecule has 3 aromatic carbocycles. The third-order valence-electron chi connectivity index (χ3n) is 4.80. The maximum atomic E-state index is 11.7. The van der Waals surface area contributed by atoms with Crippen LogP contribution in [0.25, 0.3) is 21.7 Å². The smallest absolute Gasteiger partial charge is 0.310 e. The average molecular weight is 357 g/mol. The predicted molar refractivity (Wildman–Crippen MR) is 106 cm³/mol. The molecule has 1 aromatic heterocycles. The van der Waals surface area contributed by atoms with Crippen molar-refractivity contribution in [3.05, 3.63) is 84.1 Å². The van der Waals surface area contributed by atoms with Crippen LogP contribution in [0, 0.1) is 0 Å². The SMILES string of the molecule is CC(C(=O)O)c1c(OCc2ccc3ncccc3c2)ccc2ccccc12. The van der Waals surface area contributed by atoms with E-state index in [2.05, 4.69) is 4.98 Å². The summed E-state index contributed by atoms with van der Waals surface area (Å²) >= 11 is 0. The van der Waals surface area contributed by atoms with E-state index < -0.39 is 11.9 Å². The molecule has 0 aliphatic carbocycles. The van der Waals surface area contributed by atoms with Gasteiger partial charge in [0.05, 0.1) is 11.4 Å². The molecule has 0 aliphatic heterocycles. The average Bonchev–Trinajstić information content (AvgIpc) is 2.71. The fourth-order valence-corrected chi connectivity index (χ4v) is 3.35. The monoisotopic (exact) mass is 357 g/mol. The number of carboxylic acids is 1. The molecule has 0 fully saturated rings. The quantitative estimate of drug-likeness (QED) is 0.536. The van der Waals surface area contributed by atoms with Crippen molar-refractivity contribution in [1.82, 2.24) is 4.98 Å². The number of carbonyl (C=O) groups is 1. The highest BCUT2D eigenvalue weighted by Gasteiger charge is 2.21. The summed E-state index contributed by atoms with van der Waals surface area (Å²) in [7, 11) is 0. The Balaban J connectivity index is 1.70. The minimum absolute atomic E-state index is 0.364. The number of benzene rings is 3. The molecule has 0 aliphatic rings. The van der Waals surface area contributed by atoms with Gasteiger partial charge in [-0.3, -0.25) is 9.78 Å². The molecule has 0 spiro atoms. The molecular weight excluding hydrogens is 338 g/mol. The molecule has 4 aromatic rings. The normalized spacial score (nSPS) is 12.2. The second kappa shape index (κ2) is 7.08. The van der Waals surface area contributed by atoms with Crippen molar-refractivity contribution in [3.8, 4) is 5.75 Å². The lowest BCUT2D eigenvalue weighted by Crippen LogP contribution is -2.10. The van der Waals surface area contributed by atoms with Crippen LogP contribution in [0.3, 0.4) is 0 Å². The number of fused-ring (bicyclic) bond motifs is 2. The third-order valence-corrected chi connectivity index (χ3v) is 4.80. The Morgan fingerprint density at radius 3 is 2.70 bits per heavy atom. The molecule has 0 radical (unpaired) electrons. The zero-order chi connectivity index (χ0) is 18.8. The Bertz CT molecular complexity index is 1140. The lowest BCUT2D eigenvalue weighted by atomic mass is 9.94. The molecule has 0 saturated carbocycles. The lowest BCUT2D eigenvalue weighted by Gasteiger charge is -2.17. The zero-order valence-corrected chi connectivity index (χ0v) is 14.9. The molecule has 4 nitrogen and oxygen atoms in total. The van der Waals surface area contributed by atoms with E-state index in [0.717, 1.165) is 27.2 Å². The molecule has 27 heavy (non-hydrogen) atoms. The van der Waals surface area contributed by atoms with E-state index in [-0.39, 0.29) is 0 Å². The van der Waals surface area contributed by atoms with Crippen molar-refractivity contribution in [1.29, 1.82) is 0 Å². The number of aliphatic carboxylic acids is 1. The summed E-state index contributed by atoms with van der Waals surface area (Å²) in [6, 6.07) is 21.5. The first kappa shape index (κ1) is 17.0. The maximum Gasteiger partial charge on any atom is 0.310 e. The number of aromatic nitrogens is 1. The van der Waals surface area contributed by atoms with Gasteiger partial charge in [-0.15, -0.1) is 0 Å². The molecule has 0 saturated heterocycles. The highest BCUT2D eigenvalue weighted by atomic mass is 16.5. The minimum Gasteiger partial charge on any atom is -0.489 e. The van der Waals surface area contributed by atoms with E-state index in [1.807, 2.05) is 66.7 Å². The fourth-order valence-electron chi connectivity index (χ4n) is 3.35. The molecule has 4 rings (SSSR count). The van der Waals surface area contributed by atoms with E-state index in [1.54, 1.807) is 13.1 Å². The summed E-state index contributed by atoms with van der Waals surface area (Å²) in [5.41, 5.74) is 2.66. The summed E-state index contributed by atoms with van der Waals surface area (Å²) in [5, 5.41) is 12.5. The van der Waals surface area contributed by atoms with Crippen LogP contribution in [0.15, 0.2) is 72.9 Å². The van der Waals surface area contributed by atoms with Crippen molar-refractivity contribution < 1.29 is 14.6 Å². The van der Waals surface area contributed by atoms with Crippen LogP contribution in [-0.2, 0) is 11.4 Å². The second-order valence-corrected chi connectivity index (χ2v) is 6.58. The molecule has 134 valence electrons. The van der Waals surface area contributed by atoms with Gasteiger partial charge in [-0.05, 0) is 47.5 Å². The van der Waals surface area contributed by atoms with Crippen molar-refractivity contribution in [2.24, 2.45) is 0 Å². The van der Waals surface area contributed by atoms with Gasteiger partial charge in [-0.2, -0.15) is 0 Å². The lowest BCUT2D eigenvalue weighted by molar-refractivity contribution is -0.138. The van der Waals surface area contributed by atoms with E-state index in [4.69, 9.17) is 4.74 Å². The number of hydrogen-bond donors (Lipinski definition) is 1. The van der Waals surface area contributed by atoms with Crippen LogP contribution < -0.4 is 4.74 Å². The van der Waals surface area contributed by atoms with Crippen LogP contribution in [-0.4, -0.2) is 16.1 Å². The summed E-state index contributed by atoms with van der Waals surface area (Å²) < 4.78 is 6.07. The van der Waals surface area contributed by atoms with Gasteiger partial charge in [0.1, 0.15) is 12.4 Å². The molecule has 4 heteroatoms. The summed E-state index contributed by atoms with van der Waals surface area (Å²) in [4.78, 5) is 16.0. The first-order valence-corrected chi connectivity index (χ1v) is 8.84. The predicted octanol–water partition coefficient (Wildman–Crippen LogP) is 5.16. The van der Waals surface area contributed by atoms with Gasteiger partial charge in [-0.25, -0.2) is 0 Å². The van der Waals surface area contributed by atoms with Gasteiger partial charge < -0.3 is 9.84 Å². The number of hydrogen-bond acceptors (Lipinski definition) is 3. The van der Waals surface area contributed by atoms with Crippen LogP contribution in [0.5, 0.6) is 5.75 Å². The number of ether oxygens (including phenoxy) is 1. The van der Waals surface area contributed by atoms with E-state index in [9.17, 15) is 9.90 Å². The summed E-state index contributed by atoms with van der Waals surface area (Å²) in [6.45, 7) is 2.06. The summed E-state index contributed by atoms with van der Waals surface area (Å²) in [5.74, 6) is -0.922. The molecule has 1 atom stereocenters. The maximum absolute atomic E-state index is 11.7. The molecule has 1 unspecified atom stereocenters. The Kier molecular flexibility index (Phi) is 4.47. The first-order valence-electron chi connectivity index (χ1n) is 8.84. The van der Waals surface area contributed by atoms with Gasteiger partial charge in [0.15, 0.2) is 0 Å².